The van der Waals surface area contributed by atoms with E-state index in [1.807, 2.05) is 0 Å². The zero-order valence-electron chi connectivity index (χ0n) is 10.5. The van der Waals surface area contributed by atoms with E-state index in [1.165, 1.54) is 4.90 Å². The smallest absolute Gasteiger partial charge is 0.308 e. The zero-order chi connectivity index (χ0) is 14.0. The largest absolute Gasteiger partial charge is 0.481 e. The summed E-state index contributed by atoms with van der Waals surface area (Å²) in [6.07, 6.45) is 0. The van der Waals surface area contributed by atoms with Crippen LogP contribution in [0.15, 0.2) is 22.8 Å². The van der Waals surface area contributed by atoms with Crippen molar-refractivity contribution in [1.82, 2.24) is 15.2 Å². The molecule has 7 nitrogen and oxygen atoms in total. The minimum atomic E-state index is -0.934. The molecule has 1 aromatic heterocycles. The van der Waals surface area contributed by atoms with Crippen molar-refractivity contribution in [2.75, 3.05) is 13.6 Å². The van der Waals surface area contributed by atoms with Crippen molar-refractivity contribution < 1.29 is 19.3 Å². The first kappa shape index (κ1) is 13.0. The van der Waals surface area contributed by atoms with Gasteiger partial charge in [0.1, 0.15) is 11.0 Å². The minimum Gasteiger partial charge on any atom is -0.481 e. The third kappa shape index (κ3) is 2.70. The van der Waals surface area contributed by atoms with E-state index in [4.69, 9.17) is 5.11 Å². The van der Waals surface area contributed by atoms with Crippen LogP contribution in [-0.4, -0.2) is 45.8 Å². The lowest BCUT2D eigenvalue weighted by Crippen LogP contribution is -2.33. The molecular formula is C12H13N3O4. The molecule has 1 N–H and O–H groups in total. The average Bonchev–Trinajstić information content (AvgIpc) is 2.84. The fourth-order valence-electron chi connectivity index (χ4n) is 1.71. The highest BCUT2D eigenvalue weighted by Gasteiger charge is 2.19. The molecule has 7 heteroatoms. The maximum Gasteiger partial charge on any atom is 0.308 e. The van der Waals surface area contributed by atoms with Gasteiger partial charge in [-0.25, -0.2) is 4.63 Å². The number of aromatic nitrogens is 2. The molecule has 0 aliphatic carbocycles. The van der Waals surface area contributed by atoms with Crippen molar-refractivity contribution >= 4 is 22.9 Å². The standard InChI is InChI=1S/C12H13N3O4/c1-7(12(17)18)6-15(2)11(16)8-3-4-9-10(5-8)14-19-13-9/h3-5,7H,6H2,1-2H3,(H,17,18). The molecule has 0 spiro atoms. The number of fused-ring (bicyclic) bond motifs is 1. The van der Waals surface area contributed by atoms with Crippen molar-refractivity contribution in [3.63, 3.8) is 0 Å². The summed E-state index contributed by atoms with van der Waals surface area (Å²) < 4.78 is 4.55. The summed E-state index contributed by atoms with van der Waals surface area (Å²) in [5, 5.41) is 16.1. The summed E-state index contributed by atoms with van der Waals surface area (Å²) in [6.45, 7) is 1.69. The van der Waals surface area contributed by atoms with E-state index in [0.717, 1.165) is 0 Å². The minimum absolute atomic E-state index is 0.142. The average molecular weight is 263 g/mol. The van der Waals surface area contributed by atoms with Gasteiger partial charge >= 0.3 is 5.97 Å². The second-order valence-corrected chi connectivity index (χ2v) is 4.39. The first-order chi connectivity index (χ1) is 8.99. The van der Waals surface area contributed by atoms with Gasteiger partial charge in [-0.05, 0) is 28.5 Å². The second kappa shape index (κ2) is 5.05. The highest BCUT2D eigenvalue weighted by atomic mass is 16.6. The van der Waals surface area contributed by atoms with E-state index in [9.17, 15) is 9.59 Å². The Morgan fingerprint density at radius 2 is 2.05 bits per heavy atom. The molecule has 1 aromatic carbocycles. The Balaban J connectivity index is 2.16. The Hall–Kier alpha value is -2.44. The molecule has 100 valence electrons. The quantitative estimate of drug-likeness (QED) is 0.884. The molecular weight excluding hydrogens is 250 g/mol. The predicted octanol–water partition coefficient (Wildman–Crippen LogP) is 1.02. The number of carboxylic acids is 1. The maximum absolute atomic E-state index is 12.1. The summed E-state index contributed by atoms with van der Waals surface area (Å²) in [5.41, 5.74) is 1.48. The summed E-state index contributed by atoms with van der Waals surface area (Å²) in [6, 6.07) is 4.81. The zero-order valence-corrected chi connectivity index (χ0v) is 10.5. The lowest BCUT2D eigenvalue weighted by molar-refractivity contribution is -0.141. The number of carbonyl (C=O) groups excluding carboxylic acids is 1. The van der Waals surface area contributed by atoms with E-state index in [-0.39, 0.29) is 12.5 Å². The van der Waals surface area contributed by atoms with Crippen molar-refractivity contribution in [2.24, 2.45) is 5.92 Å². The molecule has 0 fully saturated rings. The summed E-state index contributed by atoms with van der Waals surface area (Å²) in [7, 11) is 1.56. The fraction of sp³-hybridized carbons (Fsp3) is 0.333. The van der Waals surface area contributed by atoms with Crippen LogP contribution in [0, 0.1) is 5.92 Å². The normalized spacial score (nSPS) is 12.3. The van der Waals surface area contributed by atoms with Gasteiger partial charge in [0.05, 0.1) is 5.92 Å². The molecule has 1 atom stereocenters. The van der Waals surface area contributed by atoms with Crippen LogP contribution in [0.4, 0.5) is 0 Å². The third-order valence-electron chi connectivity index (χ3n) is 2.82. The van der Waals surface area contributed by atoms with Crippen LogP contribution in [-0.2, 0) is 4.79 Å². The first-order valence-electron chi connectivity index (χ1n) is 5.69. The van der Waals surface area contributed by atoms with Crippen molar-refractivity contribution in [3.8, 4) is 0 Å². The van der Waals surface area contributed by atoms with Crippen molar-refractivity contribution in [2.45, 2.75) is 6.92 Å². The van der Waals surface area contributed by atoms with Gasteiger partial charge in [0.15, 0.2) is 0 Å². The molecule has 0 aliphatic rings. The Morgan fingerprint density at radius 3 is 2.74 bits per heavy atom. The molecule has 2 rings (SSSR count). The van der Waals surface area contributed by atoms with Gasteiger partial charge in [-0.3, -0.25) is 9.59 Å². The van der Waals surface area contributed by atoms with Gasteiger partial charge in [-0.15, -0.1) is 0 Å². The molecule has 1 unspecified atom stereocenters. The topological polar surface area (TPSA) is 96.5 Å². The summed E-state index contributed by atoms with van der Waals surface area (Å²) >= 11 is 0. The number of rotatable bonds is 4. The van der Waals surface area contributed by atoms with E-state index >= 15 is 0 Å². The molecule has 19 heavy (non-hydrogen) atoms. The van der Waals surface area contributed by atoms with Crippen LogP contribution >= 0.6 is 0 Å². The highest BCUT2D eigenvalue weighted by molar-refractivity contribution is 5.97. The van der Waals surface area contributed by atoms with E-state index < -0.39 is 11.9 Å². The second-order valence-electron chi connectivity index (χ2n) is 4.39. The van der Waals surface area contributed by atoms with Crippen LogP contribution in [0.3, 0.4) is 0 Å². The lowest BCUT2D eigenvalue weighted by atomic mass is 10.1. The summed E-state index contributed by atoms with van der Waals surface area (Å²) in [4.78, 5) is 24.3. The van der Waals surface area contributed by atoms with E-state index in [0.29, 0.717) is 16.6 Å². The molecule has 0 aliphatic heterocycles. The van der Waals surface area contributed by atoms with Crippen LogP contribution in [0.25, 0.3) is 11.0 Å². The fourth-order valence-corrected chi connectivity index (χ4v) is 1.71. The van der Waals surface area contributed by atoms with Gasteiger partial charge in [0, 0.05) is 19.2 Å². The number of aliphatic carboxylic acids is 1. The molecule has 0 saturated carbocycles. The predicted molar refractivity (Wildman–Crippen MR) is 65.6 cm³/mol. The Bertz CT molecular complexity index is 622. The van der Waals surface area contributed by atoms with Gasteiger partial charge in [0.2, 0.25) is 0 Å². The first-order valence-corrected chi connectivity index (χ1v) is 5.69. The molecule has 0 radical (unpaired) electrons. The number of carboxylic acid groups (broad SMARTS) is 1. The van der Waals surface area contributed by atoms with Crippen LogP contribution in [0.1, 0.15) is 17.3 Å². The van der Waals surface area contributed by atoms with Crippen LogP contribution in [0.5, 0.6) is 0 Å². The Labute approximate surface area is 108 Å². The molecule has 1 amide bonds. The van der Waals surface area contributed by atoms with Crippen LogP contribution in [0.2, 0.25) is 0 Å². The Morgan fingerprint density at radius 1 is 1.37 bits per heavy atom. The van der Waals surface area contributed by atoms with Crippen LogP contribution < -0.4 is 0 Å². The van der Waals surface area contributed by atoms with Gasteiger partial charge in [0.25, 0.3) is 5.91 Å². The van der Waals surface area contributed by atoms with E-state index in [2.05, 4.69) is 14.9 Å². The Kier molecular flexibility index (Phi) is 3.46. The number of amides is 1. The van der Waals surface area contributed by atoms with Crippen molar-refractivity contribution in [3.05, 3.63) is 23.8 Å². The number of nitrogens with zero attached hydrogens (tertiary/aromatic N) is 3. The maximum atomic E-state index is 12.1. The molecule has 0 bridgehead atoms. The molecule has 1 heterocycles. The number of benzene rings is 1. The number of carbonyl (C=O) groups is 2. The lowest BCUT2D eigenvalue weighted by Gasteiger charge is -2.19. The van der Waals surface area contributed by atoms with Gasteiger partial charge in [-0.1, -0.05) is 6.92 Å². The summed E-state index contributed by atoms with van der Waals surface area (Å²) in [5.74, 6) is -1.82. The van der Waals surface area contributed by atoms with Gasteiger partial charge < -0.3 is 10.0 Å². The molecule has 2 aromatic rings. The monoisotopic (exact) mass is 263 g/mol. The third-order valence-corrected chi connectivity index (χ3v) is 2.82. The van der Waals surface area contributed by atoms with Crippen molar-refractivity contribution in [1.29, 1.82) is 0 Å². The van der Waals surface area contributed by atoms with E-state index in [1.54, 1.807) is 32.2 Å². The highest BCUT2D eigenvalue weighted by Crippen LogP contribution is 2.13. The number of hydrogen-bond acceptors (Lipinski definition) is 5. The SMILES string of the molecule is CC(CN(C)C(=O)c1ccc2nonc2c1)C(=O)O. The van der Waals surface area contributed by atoms with Gasteiger partial charge in [-0.2, -0.15) is 0 Å². The number of hydrogen-bond donors (Lipinski definition) is 1. The molecule has 0 saturated heterocycles.